The average Bonchev–Trinajstić information content (AvgIpc) is 3.18. The van der Waals surface area contributed by atoms with Crippen LogP contribution in [-0.2, 0) is 14.3 Å². The van der Waals surface area contributed by atoms with E-state index in [1.807, 2.05) is 0 Å². The summed E-state index contributed by atoms with van der Waals surface area (Å²) in [6.07, 6.45) is 1.38. The van der Waals surface area contributed by atoms with E-state index in [1.165, 1.54) is 0 Å². The van der Waals surface area contributed by atoms with Crippen LogP contribution in [0.3, 0.4) is 0 Å². The van der Waals surface area contributed by atoms with E-state index in [0.29, 0.717) is 44.7 Å². The Kier molecular flexibility index (Phi) is 4.46. The van der Waals surface area contributed by atoms with E-state index in [9.17, 15) is 14.4 Å². The van der Waals surface area contributed by atoms with Crippen molar-refractivity contribution in [3.8, 4) is 0 Å². The highest BCUT2D eigenvalue weighted by molar-refractivity contribution is 6.37. The fraction of sp³-hybridized carbons (Fsp3) is 0.500. The van der Waals surface area contributed by atoms with Gasteiger partial charge in [0.1, 0.15) is 0 Å². The highest BCUT2D eigenvalue weighted by atomic mass is 35.5. The van der Waals surface area contributed by atoms with E-state index in [-0.39, 0.29) is 29.5 Å². The largest absolute Gasteiger partial charge is 0.347 e. The number of amides is 3. The minimum atomic E-state index is -0.532. The molecule has 3 aliphatic rings. The Bertz CT molecular complexity index is 765. The van der Waals surface area contributed by atoms with Crippen molar-refractivity contribution in [3.63, 3.8) is 0 Å². The molecule has 0 saturated carbocycles. The highest BCUT2D eigenvalue weighted by Gasteiger charge is 2.41. The van der Waals surface area contributed by atoms with Crippen LogP contribution in [0.4, 0.5) is 0 Å². The van der Waals surface area contributed by atoms with Crippen molar-refractivity contribution in [2.45, 2.75) is 25.0 Å². The molecule has 0 atom stereocenters. The van der Waals surface area contributed by atoms with Crippen molar-refractivity contribution < 1.29 is 23.9 Å². The van der Waals surface area contributed by atoms with E-state index in [4.69, 9.17) is 21.1 Å². The smallest absolute Gasteiger partial charge is 0.263 e. The fourth-order valence-electron chi connectivity index (χ4n) is 3.74. The first-order valence-corrected chi connectivity index (χ1v) is 9.09. The molecule has 26 heavy (non-hydrogen) atoms. The number of hydrogen-bond donors (Lipinski definition) is 0. The van der Waals surface area contributed by atoms with E-state index < -0.39 is 17.6 Å². The number of rotatable bonds is 3. The number of fused-ring (bicyclic) bond motifs is 1. The molecule has 0 aliphatic carbocycles. The zero-order valence-corrected chi connectivity index (χ0v) is 15.0. The molecule has 1 spiro atoms. The minimum Gasteiger partial charge on any atom is -0.347 e. The Morgan fingerprint density at radius 1 is 1.12 bits per heavy atom. The standard InChI is InChI=1S/C18H19ClN2O5/c19-13-3-1-2-12-15(13)17(24)21(16(12)23)7-4-14(22)20-8-5-18(6-9-20)25-10-11-26-18/h1-3H,4-11H2. The van der Waals surface area contributed by atoms with Crippen LogP contribution in [0.1, 0.15) is 40.0 Å². The van der Waals surface area contributed by atoms with Crippen molar-refractivity contribution in [2.75, 3.05) is 32.8 Å². The van der Waals surface area contributed by atoms with Gasteiger partial charge in [-0.3, -0.25) is 19.3 Å². The van der Waals surface area contributed by atoms with Gasteiger partial charge in [-0.2, -0.15) is 0 Å². The summed E-state index contributed by atoms with van der Waals surface area (Å²) in [6, 6.07) is 4.80. The molecule has 0 N–H and O–H groups in total. The van der Waals surface area contributed by atoms with E-state index in [2.05, 4.69) is 0 Å². The van der Waals surface area contributed by atoms with Crippen LogP contribution in [0.5, 0.6) is 0 Å². The van der Waals surface area contributed by atoms with Gasteiger partial charge in [0.05, 0.1) is 29.4 Å². The van der Waals surface area contributed by atoms with Crippen LogP contribution in [0.15, 0.2) is 18.2 Å². The summed E-state index contributed by atoms with van der Waals surface area (Å²) in [7, 11) is 0. The molecule has 3 amide bonds. The van der Waals surface area contributed by atoms with E-state index >= 15 is 0 Å². The summed E-state index contributed by atoms with van der Waals surface area (Å²) < 4.78 is 11.3. The van der Waals surface area contributed by atoms with Crippen LogP contribution in [0.25, 0.3) is 0 Å². The number of benzene rings is 1. The predicted octanol–water partition coefficient (Wildman–Crippen LogP) is 1.69. The van der Waals surface area contributed by atoms with Crippen LogP contribution in [0, 0.1) is 0 Å². The Labute approximate surface area is 155 Å². The van der Waals surface area contributed by atoms with Crippen molar-refractivity contribution in [1.82, 2.24) is 9.80 Å². The third kappa shape index (κ3) is 2.90. The first kappa shape index (κ1) is 17.5. The number of nitrogens with zero attached hydrogens (tertiary/aromatic N) is 2. The molecule has 0 unspecified atom stereocenters. The molecule has 2 saturated heterocycles. The maximum atomic E-state index is 12.5. The third-order valence-electron chi connectivity index (χ3n) is 5.19. The Balaban J connectivity index is 1.35. The molecule has 0 bridgehead atoms. The normalized spacial score (nSPS) is 21.6. The molecular weight excluding hydrogens is 360 g/mol. The van der Waals surface area contributed by atoms with Crippen molar-refractivity contribution >= 4 is 29.3 Å². The lowest BCUT2D eigenvalue weighted by atomic mass is 10.0. The molecule has 3 aliphatic heterocycles. The van der Waals surface area contributed by atoms with Crippen LogP contribution >= 0.6 is 11.6 Å². The molecular formula is C18H19ClN2O5. The molecule has 7 nitrogen and oxygen atoms in total. The quantitative estimate of drug-likeness (QED) is 0.748. The second kappa shape index (κ2) is 6.64. The number of imide groups is 1. The topological polar surface area (TPSA) is 76.2 Å². The van der Waals surface area contributed by atoms with Crippen LogP contribution in [0.2, 0.25) is 5.02 Å². The van der Waals surface area contributed by atoms with Crippen molar-refractivity contribution in [1.29, 1.82) is 0 Å². The number of halogens is 1. The molecule has 1 aromatic rings. The van der Waals surface area contributed by atoms with Crippen LogP contribution in [-0.4, -0.2) is 66.2 Å². The second-order valence-corrected chi connectivity index (χ2v) is 7.07. The average molecular weight is 379 g/mol. The monoisotopic (exact) mass is 378 g/mol. The maximum absolute atomic E-state index is 12.5. The lowest BCUT2D eigenvalue weighted by molar-refractivity contribution is -0.187. The molecule has 8 heteroatoms. The summed E-state index contributed by atoms with van der Waals surface area (Å²) in [6.45, 7) is 2.34. The molecule has 2 fully saturated rings. The van der Waals surface area contributed by atoms with Crippen LogP contribution < -0.4 is 0 Å². The van der Waals surface area contributed by atoms with Crippen molar-refractivity contribution in [2.24, 2.45) is 0 Å². The van der Waals surface area contributed by atoms with Gasteiger partial charge < -0.3 is 14.4 Å². The molecule has 3 heterocycles. The summed E-state index contributed by atoms with van der Waals surface area (Å²) >= 11 is 6.04. The second-order valence-electron chi connectivity index (χ2n) is 6.66. The van der Waals surface area contributed by atoms with Gasteiger partial charge in [-0.05, 0) is 12.1 Å². The predicted molar refractivity (Wildman–Crippen MR) is 91.9 cm³/mol. The zero-order valence-electron chi connectivity index (χ0n) is 14.2. The molecule has 1 aromatic carbocycles. The minimum absolute atomic E-state index is 0.0517. The number of carbonyl (C=O) groups is 3. The summed E-state index contributed by atoms with van der Waals surface area (Å²) in [5.74, 6) is -1.45. The molecule has 0 aromatic heterocycles. The maximum Gasteiger partial charge on any atom is 0.263 e. The van der Waals surface area contributed by atoms with Gasteiger partial charge in [-0.25, -0.2) is 0 Å². The van der Waals surface area contributed by atoms with Gasteiger partial charge >= 0.3 is 0 Å². The summed E-state index contributed by atoms with van der Waals surface area (Å²) in [5.41, 5.74) is 0.521. The Morgan fingerprint density at radius 3 is 2.46 bits per heavy atom. The summed E-state index contributed by atoms with van der Waals surface area (Å²) in [4.78, 5) is 40.2. The lowest BCUT2D eigenvalue weighted by Gasteiger charge is -2.37. The number of carbonyl (C=O) groups excluding carboxylic acids is 3. The fourth-order valence-corrected chi connectivity index (χ4v) is 4.00. The number of piperidine rings is 1. The lowest BCUT2D eigenvalue weighted by Crippen LogP contribution is -2.48. The molecule has 138 valence electrons. The summed E-state index contributed by atoms with van der Waals surface area (Å²) in [5, 5.41) is 0.257. The van der Waals surface area contributed by atoms with Gasteiger partial charge in [0.25, 0.3) is 11.8 Å². The van der Waals surface area contributed by atoms with Gasteiger partial charge in [0, 0.05) is 38.9 Å². The number of hydrogen-bond acceptors (Lipinski definition) is 5. The first-order chi connectivity index (χ1) is 12.5. The first-order valence-electron chi connectivity index (χ1n) is 8.71. The molecule has 0 radical (unpaired) electrons. The third-order valence-corrected chi connectivity index (χ3v) is 5.50. The zero-order chi connectivity index (χ0) is 18.3. The van der Waals surface area contributed by atoms with E-state index in [1.54, 1.807) is 23.1 Å². The van der Waals surface area contributed by atoms with Gasteiger partial charge in [0.15, 0.2) is 5.79 Å². The SMILES string of the molecule is O=C(CCN1C(=O)c2cccc(Cl)c2C1=O)N1CCC2(CC1)OCCO2. The number of ether oxygens (including phenoxy) is 2. The molecule has 4 rings (SSSR count). The van der Waals surface area contributed by atoms with E-state index in [0.717, 1.165) is 4.90 Å². The Hall–Kier alpha value is -1.96. The highest BCUT2D eigenvalue weighted by Crippen LogP contribution is 2.32. The van der Waals surface area contributed by atoms with Gasteiger partial charge in [-0.15, -0.1) is 0 Å². The number of likely N-dealkylation sites (tertiary alicyclic amines) is 1. The van der Waals surface area contributed by atoms with Crippen molar-refractivity contribution in [3.05, 3.63) is 34.3 Å². The van der Waals surface area contributed by atoms with Gasteiger partial charge in [0.2, 0.25) is 5.91 Å². The Morgan fingerprint density at radius 2 is 1.81 bits per heavy atom. The van der Waals surface area contributed by atoms with Gasteiger partial charge in [-0.1, -0.05) is 17.7 Å².